The fraction of sp³-hybridized carbons (Fsp3) is 0.250. The summed E-state index contributed by atoms with van der Waals surface area (Å²) >= 11 is 0. The number of benzene rings is 2. The summed E-state index contributed by atoms with van der Waals surface area (Å²) in [4.78, 5) is 24.1. The number of nitrogens with zero attached hydrogens (tertiary/aromatic N) is 1. The summed E-state index contributed by atoms with van der Waals surface area (Å²) in [6.07, 6.45) is 1.45. The fourth-order valence-corrected chi connectivity index (χ4v) is 2.39. The maximum atomic E-state index is 12.2. The molecule has 0 atom stereocenters. The van der Waals surface area contributed by atoms with Gasteiger partial charge in [-0.2, -0.15) is 5.10 Å². The zero-order valence-corrected chi connectivity index (χ0v) is 16.6. The van der Waals surface area contributed by atoms with Crippen molar-refractivity contribution in [1.82, 2.24) is 10.7 Å². The van der Waals surface area contributed by atoms with E-state index in [0.717, 1.165) is 0 Å². The number of rotatable bonds is 9. The Morgan fingerprint density at radius 3 is 2.07 bits per heavy atom. The van der Waals surface area contributed by atoms with Gasteiger partial charge < -0.3 is 24.3 Å². The average molecular weight is 401 g/mol. The SMILES string of the molecule is COc1ccc(C=NNC(=O)CNC(=O)c2ccc(OC)c(OC)c2)cc1OC. The number of carbonyl (C=O) groups excluding carboxylic acids is 2. The van der Waals surface area contributed by atoms with E-state index in [1.54, 1.807) is 37.4 Å². The second-order valence-electron chi connectivity index (χ2n) is 5.66. The van der Waals surface area contributed by atoms with Gasteiger partial charge in [-0.05, 0) is 42.0 Å². The predicted octanol–water partition coefficient (Wildman–Crippen LogP) is 1.60. The molecule has 0 aromatic heterocycles. The van der Waals surface area contributed by atoms with Crippen LogP contribution in [0.5, 0.6) is 23.0 Å². The molecular weight excluding hydrogens is 378 g/mol. The first kappa shape index (κ1) is 21.5. The van der Waals surface area contributed by atoms with E-state index in [2.05, 4.69) is 15.8 Å². The van der Waals surface area contributed by atoms with E-state index in [-0.39, 0.29) is 6.54 Å². The van der Waals surface area contributed by atoms with Crippen LogP contribution in [-0.4, -0.2) is 53.0 Å². The van der Waals surface area contributed by atoms with Crippen molar-refractivity contribution < 1.29 is 28.5 Å². The summed E-state index contributed by atoms with van der Waals surface area (Å²) in [5.41, 5.74) is 3.39. The van der Waals surface area contributed by atoms with Crippen LogP contribution >= 0.6 is 0 Å². The van der Waals surface area contributed by atoms with Crippen LogP contribution in [0.2, 0.25) is 0 Å². The summed E-state index contributed by atoms with van der Waals surface area (Å²) in [7, 11) is 6.05. The van der Waals surface area contributed by atoms with Gasteiger partial charge in [0.05, 0.1) is 41.2 Å². The zero-order valence-electron chi connectivity index (χ0n) is 16.6. The Bertz CT molecular complexity index is 898. The van der Waals surface area contributed by atoms with Crippen molar-refractivity contribution in [2.45, 2.75) is 0 Å². The van der Waals surface area contributed by atoms with Gasteiger partial charge in [0.25, 0.3) is 11.8 Å². The van der Waals surface area contributed by atoms with Gasteiger partial charge in [0.2, 0.25) is 0 Å². The molecule has 0 aliphatic rings. The monoisotopic (exact) mass is 401 g/mol. The Balaban J connectivity index is 1.88. The number of hydrogen-bond donors (Lipinski definition) is 2. The van der Waals surface area contributed by atoms with Crippen LogP contribution in [0.15, 0.2) is 41.5 Å². The lowest BCUT2D eigenvalue weighted by Crippen LogP contribution is -2.34. The Labute approximate surface area is 168 Å². The number of methoxy groups -OCH3 is 4. The molecule has 2 aromatic rings. The van der Waals surface area contributed by atoms with Crippen molar-refractivity contribution in [2.75, 3.05) is 35.0 Å². The van der Waals surface area contributed by atoms with Crippen LogP contribution in [0.25, 0.3) is 0 Å². The number of amides is 2. The summed E-state index contributed by atoms with van der Waals surface area (Å²) in [5, 5.41) is 6.38. The first-order valence-electron chi connectivity index (χ1n) is 8.56. The van der Waals surface area contributed by atoms with Gasteiger partial charge in [-0.3, -0.25) is 9.59 Å². The van der Waals surface area contributed by atoms with Gasteiger partial charge in [-0.25, -0.2) is 5.43 Å². The summed E-state index contributed by atoms with van der Waals surface area (Å²) in [6, 6.07) is 9.92. The lowest BCUT2D eigenvalue weighted by atomic mass is 10.2. The third-order valence-corrected chi connectivity index (χ3v) is 3.87. The van der Waals surface area contributed by atoms with Crippen molar-refractivity contribution in [1.29, 1.82) is 0 Å². The fourth-order valence-electron chi connectivity index (χ4n) is 2.39. The van der Waals surface area contributed by atoms with Gasteiger partial charge in [0.1, 0.15) is 0 Å². The molecule has 0 fully saturated rings. The molecule has 2 amide bonds. The molecule has 154 valence electrons. The standard InChI is InChI=1S/C20H23N3O6/c1-26-15-7-5-13(9-17(15)28-3)11-22-23-19(24)12-21-20(25)14-6-8-16(27-2)18(10-14)29-4/h5-11H,12H2,1-4H3,(H,21,25)(H,23,24). The quantitative estimate of drug-likeness (QED) is 0.488. The van der Waals surface area contributed by atoms with Gasteiger partial charge in [0, 0.05) is 5.56 Å². The van der Waals surface area contributed by atoms with Crippen LogP contribution in [-0.2, 0) is 4.79 Å². The van der Waals surface area contributed by atoms with E-state index in [1.807, 2.05) is 0 Å². The Morgan fingerprint density at radius 1 is 0.862 bits per heavy atom. The first-order chi connectivity index (χ1) is 14.0. The lowest BCUT2D eigenvalue weighted by Gasteiger charge is -2.09. The molecule has 0 bridgehead atoms. The molecule has 0 aliphatic carbocycles. The van der Waals surface area contributed by atoms with Crippen LogP contribution in [0.4, 0.5) is 0 Å². The molecule has 9 heteroatoms. The average Bonchev–Trinajstić information content (AvgIpc) is 2.76. The molecular formula is C20H23N3O6. The minimum atomic E-state index is -0.476. The van der Waals surface area contributed by atoms with Crippen molar-refractivity contribution in [3.63, 3.8) is 0 Å². The molecule has 0 saturated heterocycles. The van der Waals surface area contributed by atoms with E-state index < -0.39 is 11.8 Å². The number of hydrazone groups is 1. The number of carbonyl (C=O) groups is 2. The molecule has 0 saturated carbocycles. The normalized spacial score (nSPS) is 10.3. The second-order valence-corrected chi connectivity index (χ2v) is 5.66. The largest absolute Gasteiger partial charge is 0.493 e. The molecule has 0 spiro atoms. The zero-order chi connectivity index (χ0) is 21.2. The Hall–Kier alpha value is -3.75. The smallest absolute Gasteiger partial charge is 0.259 e. The summed E-state index contributed by atoms with van der Waals surface area (Å²) in [5.74, 6) is 1.16. The van der Waals surface area contributed by atoms with Crippen LogP contribution in [0.1, 0.15) is 15.9 Å². The maximum absolute atomic E-state index is 12.2. The molecule has 0 radical (unpaired) electrons. The van der Waals surface area contributed by atoms with Gasteiger partial charge in [0.15, 0.2) is 23.0 Å². The van der Waals surface area contributed by atoms with E-state index in [9.17, 15) is 9.59 Å². The number of ether oxygens (including phenoxy) is 4. The third kappa shape index (κ3) is 5.86. The summed E-state index contributed by atoms with van der Waals surface area (Å²) < 4.78 is 20.6. The van der Waals surface area contributed by atoms with Gasteiger partial charge in [-0.15, -0.1) is 0 Å². The third-order valence-electron chi connectivity index (χ3n) is 3.87. The predicted molar refractivity (Wildman–Crippen MR) is 107 cm³/mol. The van der Waals surface area contributed by atoms with Crippen molar-refractivity contribution in [2.24, 2.45) is 5.10 Å². The van der Waals surface area contributed by atoms with Crippen LogP contribution in [0.3, 0.4) is 0 Å². The Morgan fingerprint density at radius 2 is 1.45 bits per heavy atom. The summed E-state index contributed by atoms with van der Waals surface area (Å²) in [6.45, 7) is -0.240. The molecule has 0 aliphatic heterocycles. The molecule has 9 nitrogen and oxygen atoms in total. The van der Waals surface area contributed by atoms with Gasteiger partial charge >= 0.3 is 0 Å². The highest BCUT2D eigenvalue weighted by Crippen LogP contribution is 2.28. The van der Waals surface area contributed by atoms with Crippen LogP contribution in [0, 0.1) is 0 Å². The number of hydrogen-bond acceptors (Lipinski definition) is 7. The van der Waals surface area contributed by atoms with E-state index in [1.165, 1.54) is 33.6 Å². The molecule has 2 N–H and O–H groups in total. The minimum absolute atomic E-state index is 0.240. The van der Waals surface area contributed by atoms with Crippen molar-refractivity contribution in [3.8, 4) is 23.0 Å². The molecule has 0 unspecified atom stereocenters. The highest BCUT2D eigenvalue weighted by molar-refractivity contribution is 5.97. The molecule has 0 heterocycles. The van der Waals surface area contributed by atoms with E-state index >= 15 is 0 Å². The topological polar surface area (TPSA) is 107 Å². The molecule has 2 aromatic carbocycles. The van der Waals surface area contributed by atoms with Crippen molar-refractivity contribution in [3.05, 3.63) is 47.5 Å². The Kier molecular flexibility index (Phi) is 7.84. The van der Waals surface area contributed by atoms with Crippen molar-refractivity contribution >= 4 is 18.0 Å². The maximum Gasteiger partial charge on any atom is 0.259 e. The highest BCUT2D eigenvalue weighted by atomic mass is 16.5. The minimum Gasteiger partial charge on any atom is -0.493 e. The van der Waals surface area contributed by atoms with E-state index in [4.69, 9.17) is 18.9 Å². The van der Waals surface area contributed by atoms with E-state index in [0.29, 0.717) is 34.1 Å². The van der Waals surface area contributed by atoms with Crippen LogP contribution < -0.4 is 29.7 Å². The van der Waals surface area contributed by atoms with Gasteiger partial charge in [-0.1, -0.05) is 0 Å². The highest BCUT2D eigenvalue weighted by Gasteiger charge is 2.11. The molecule has 29 heavy (non-hydrogen) atoms. The second kappa shape index (κ2) is 10.5. The lowest BCUT2D eigenvalue weighted by molar-refractivity contribution is -0.120. The number of nitrogens with one attached hydrogen (secondary N) is 2. The molecule has 2 rings (SSSR count). The first-order valence-corrected chi connectivity index (χ1v) is 8.56.